The van der Waals surface area contributed by atoms with E-state index in [4.69, 9.17) is 21.1 Å². The van der Waals surface area contributed by atoms with Crippen LogP contribution in [-0.4, -0.2) is 61.0 Å². The predicted octanol–water partition coefficient (Wildman–Crippen LogP) is 9.12. The van der Waals surface area contributed by atoms with Crippen LogP contribution in [0.25, 0.3) is 21.9 Å². The van der Waals surface area contributed by atoms with Gasteiger partial charge in [0.15, 0.2) is 11.4 Å². The van der Waals surface area contributed by atoms with Crippen molar-refractivity contribution in [3.8, 4) is 23.0 Å². The fraction of sp³-hybridized carbons (Fsp3) is 0.163. The van der Waals surface area contributed by atoms with Crippen LogP contribution in [0.2, 0.25) is 5.02 Å². The molecule has 2 heterocycles. The van der Waals surface area contributed by atoms with Crippen LogP contribution in [0.3, 0.4) is 0 Å². The Morgan fingerprint density at radius 2 is 1.67 bits per heavy atom. The number of phenols is 1. The zero-order chi connectivity index (χ0) is 42.7. The average molecular weight is 829 g/mol. The van der Waals surface area contributed by atoms with E-state index >= 15 is 0 Å². The van der Waals surface area contributed by atoms with E-state index in [0.717, 1.165) is 21.8 Å². The summed E-state index contributed by atoms with van der Waals surface area (Å²) >= 11 is 6.48. The number of anilines is 3. The number of hydrogen-bond acceptors (Lipinski definition) is 11. The number of aromatic hydroxyl groups is 1. The molecule has 0 aliphatic heterocycles. The van der Waals surface area contributed by atoms with Crippen molar-refractivity contribution in [1.29, 1.82) is 0 Å². The number of imidazole rings is 1. The molecule has 5 aromatic carbocycles. The van der Waals surface area contributed by atoms with E-state index in [9.17, 15) is 29.6 Å². The van der Waals surface area contributed by atoms with Crippen molar-refractivity contribution < 1.29 is 33.9 Å². The van der Waals surface area contributed by atoms with E-state index in [2.05, 4.69) is 25.6 Å². The highest BCUT2D eigenvalue weighted by molar-refractivity contribution is 6.34. The lowest BCUT2D eigenvalue weighted by molar-refractivity contribution is -0.384. The van der Waals surface area contributed by atoms with Gasteiger partial charge in [-0.3, -0.25) is 24.6 Å². The van der Waals surface area contributed by atoms with Crippen molar-refractivity contribution in [3.05, 3.63) is 135 Å². The van der Waals surface area contributed by atoms with Gasteiger partial charge in [0.2, 0.25) is 5.91 Å². The summed E-state index contributed by atoms with van der Waals surface area (Å²) in [5.41, 5.74) is 3.33. The van der Waals surface area contributed by atoms with E-state index in [1.165, 1.54) is 60.7 Å². The third-order valence-corrected chi connectivity index (χ3v) is 9.93. The highest BCUT2D eigenvalue weighted by Gasteiger charge is 2.25. The molecule has 2 aromatic heterocycles. The Morgan fingerprint density at radius 3 is 2.43 bits per heavy atom. The van der Waals surface area contributed by atoms with E-state index in [0.29, 0.717) is 35.3 Å². The number of nitro benzene ring substituents is 1. The standard InChI is InChI=1S/C43H37ClN8O8/c1-24-11-15-35(25(2)18-24)59-17-7-10-38(53)48-27-12-14-32(44)33(19-27)49-42(55)31-21-37(29-8-5-6-9-30(29)40(31)54)60-36-16-13-28(52(57)58)20-34(36)50(4)43(56)51-23-47-39-26(3)45-22-46-41(39)51/h5-6,8-9,11-16,18-23,54H,7,10,17H2,1-4H3,(H,48,53)(H,49,55). The predicted molar refractivity (Wildman–Crippen MR) is 227 cm³/mol. The second kappa shape index (κ2) is 17.1. The maximum atomic E-state index is 13.9. The van der Waals surface area contributed by atoms with Crippen molar-refractivity contribution in [2.75, 3.05) is 29.2 Å². The number of nitrogens with zero attached hydrogens (tertiary/aromatic N) is 6. The van der Waals surface area contributed by atoms with Crippen molar-refractivity contribution in [2.45, 2.75) is 33.6 Å². The number of non-ortho nitro benzene ring substituents is 1. The minimum atomic E-state index is -0.766. The van der Waals surface area contributed by atoms with Crippen LogP contribution in [0, 0.1) is 30.9 Å². The number of nitrogens with one attached hydrogen (secondary N) is 2. The number of benzene rings is 5. The van der Waals surface area contributed by atoms with Crippen LogP contribution in [0.1, 0.15) is 40.0 Å². The summed E-state index contributed by atoms with van der Waals surface area (Å²) in [5, 5.41) is 29.6. The number of rotatable bonds is 12. The first-order valence-corrected chi connectivity index (χ1v) is 18.9. The first kappa shape index (κ1) is 40.6. The van der Waals surface area contributed by atoms with Gasteiger partial charge in [0, 0.05) is 42.1 Å². The number of aryl methyl sites for hydroxylation is 3. The minimum absolute atomic E-state index is 0.00418. The third-order valence-electron chi connectivity index (χ3n) is 9.60. The van der Waals surface area contributed by atoms with Gasteiger partial charge in [0.05, 0.1) is 39.2 Å². The molecule has 0 bridgehead atoms. The molecule has 3 N–H and O–H groups in total. The SMILES string of the molecule is Cc1ccc(OCCCC(=O)Nc2ccc(Cl)c(NC(=O)c3cc(Oc4ccc([N+](=O)[O-])cc4N(C)C(=O)n4cnc5c(C)ncnc54)c4ccccc4c3O)c2)c(C)c1. The third kappa shape index (κ3) is 8.49. The first-order chi connectivity index (χ1) is 28.8. The molecule has 0 aliphatic rings. The van der Waals surface area contributed by atoms with Gasteiger partial charge in [0.25, 0.3) is 11.6 Å². The molecule has 0 saturated heterocycles. The van der Waals surface area contributed by atoms with Crippen molar-refractivity contribution >= 4 is 74.1 Å². The maximum absolute atomic E-state index is 13.9. The Labute approximate surface area is 347 Å². The van der Waals surface area contributed by atoms with Crippen LogP contribution >= 0.6 is 11.6 Å². The lowest BCUT2D eigenvalue weighted by atomic mass is 10.0. The van der Waals surface area contributed by atoms with Crippen LogP contribution in [-0.2, 0) is 4.79 Å². The van der Waals surface area contributed by atoms with Crippen LogP contribution in [0.5, 0.6) is 23.0 Å². The summed E-state index contributed by atoms with van der Waals surface area (Å²) in [4.78, 5) is 65.6. The fourth-order valence-corrected chi connectivity index (χ4v) is 6.68. The zero-order valence-corrected chi connectivity index (χ0v) is 33.5. The molecule has 0 atom stereocenters. The number of amides is 3. The molecule has 17 heteroatoms. The normalized spacial score (nSPS) is 11.0. The number of carbonyl (C=O) groups excluding carboxylic acids is 3. The topological polar surface area (TPSA) is 204 Å². The Balaban J connectivity index is 1.12. The number of nitro groups is 1. The summed E-state index contributed by atoms with van der Waals surface area (Å²) < 4.78 is 13.4. The summed E-state index contributed by atoms with van der Waals surface area (Å²) in [6.45, 7) is 6.03. The van der Waals surface area contributed by atoms with Gasteiger partial charge in [-0.05, 0) is 69.2 Å². The molecular formula is C43H37ClN8O8. The Morgan fingerprint density at radius 1 is 0.900 bits per heavy atom. The number of hydrogen-bond donors (Lipinski definition) is 3. The molecule has 304 valence electrons. The number of phenolic OH excluding ortho intramolecular Hbond substituents is 1. The molecule has 3 amide bonds. The molecule has 0 fully saturated rings. The van der Waals surface area contributed by atoms with Crippen LogP contribution in [0.15, 0.2) is 97.6 Å². The molecule has 0 aliphatic carbocycles. The Bertz CT molecular complexity index is 2850. The number of fused-ring (bicyclic) bond motifs is 2. The summed E-state index contributed by atoms with van der Waals surface area (Å²) in [7, 11) is 1.41. The van der Waals surface area contributed by atoms with Gasteiger partial charge >= 0.3 is 6.03 Å². The average Bonchev–Trinajstić information content (AvgIpc) is 3.67. The molecule has 16 nitrogen and oxygen atoms in total. The molecule has 0 saturated carbocycles. The van der Waals surface area contributed by atoms with Gasteiger partial charge in [-0.25, -0.2) is 24.3 Å². The fourth-order valence-electron chi connectivity index (χ4n) is 6.52. The van der Waals surface area contributed by atoms with E-state index in [-0.39, 0.29) is 68.3 Å². The molecule has 0 radical (unpaired) electrons. The van der Waals surface area contributed by atoms with Crippen LogP contribution < -0.4 is 25.0 Å². The maximum Gasteiger partial charge on any atom is 0.335 e. The second-order valence-electron chi connectivity index (χ2n) is 13.8. The van der Waals surface area contributed by atoms with Gasteiger partial charge in [-0.1, -0.05) is 53.6 Å². The van der Waals surface area contributed by atoms with E-state index < -0.39 is 16.9 Å². The van der Waals surface area contributed by atoms with Gasteiger partial charge in [0.1, 0.15) is 35.4 Å². The van der Waals surface area contributed by atoms with Crippen molar-refractivity contribution in [1.82, 2.24) is 19.5 Å². The van der Waals surface area contributed by atoms with Crippen LogP contribution in [0.4, 0.5) is 27.5 Å². The van der Waals surface area contributed by atoms with Gasteiger partial charge in [-0.15, -0.1) is 0 Å². The first-order valence-electron chi connectivity index (χ1n) is 18.5. The van der Waals surface area contributed by atoms with Crippen molar-refractivity contribution in [3.63, 3.8) is 0 Å². The molecule has 7 aromatic rings. The Hall–Kier alpha value is -7.59. The highest BCUT2D eigenvalue weighted by Crippen LogP contribution is 2.42. The molecule has 60 heavy (non-hydrogen) atoms. The minimum Gasteiger partial charge on any atom is -0.506 e. The van der Waals surface area contributed by atoms with E-state index in [1.807, 2.05) is 32.0 Å². The number of ether oxygens (including phenoxy) is 2. The van der Waals surface area contributed by atoms with Gasteiger partial charge in [-0.2, -0.15) is 0 Å². The molecule has 0 unspecified atom stereocenters. The summed E-state index contributed by atoms with van der Waals surface area (Å²) in [6.07, 6.45) is 3.22. The van der Waals surface area contributed by atoms with Gasteiger partial charge < -0.3 is 25.2 Å². The van der Waals surface area contributed by atoms with E-state index in [1.54, 1.807) is 37.3 Å². The quantitative estimate of drug-likeness (QED) is 0.0602. The Kier molecular flexibility index (Phi) is 11.6. The molecule has 7 rings (SSSR count). The lowest BCUT2D eigenvalue weighted by Gasteiger charge is -2.21. The molecular weight excluding hydrogens is 792 g/mol. The smallest absolute Gasteiger partial charge is 0.335 e. The summed E-state index contributed by atoms with van der Waals surface area (Å²) in [6, 6.07) is 21.5. The zero-order valence-electron chi connectivity index (χ0n) is 32.7. The van der Waals surface area contributed by atoms with Crippen molar-refractivity contribution in [2.24, 2.45) is 0 Å². The largest absolute Gasteiger partial charge is 0.506 e. The number of aromatic nitrogens is 4. The lowest BCUT2D eigenvalue weighted by Crippen LogP contribution is -2.31. The number of carbonyl (C=O) groups is 3. The number of halogens is 1. The summed E-state index contributed by atoms with van der Waals surface area (Å²) in [5.74, 6) is -0.547. The molecule has 0 spiro atoms. The highest BCUT2D eigenvalue weighted by atomic mass is 35.5. The second-order valence-corrected chi connectivity index (χ2v) is 14.2. The monoisotopic (exact) mass is 828 g/mol.